The van der Waals surface area contributed by atoms with Crippen molar-refractivity contribution in [1.82, 2.24) is 14.9 Å². The summed E-state index contributed by atoms with van der Waals surface area (Å²) in [5.41, 5.74) is 4.20. The summed E-state index contributed by atoms with van der Waals surface area (Å²) in [6.45, 7) is 6.96. The van der Waals surface area contributed by atoms with E-state index in [0.717, 1.165) is 53.1 Å². The van der Waals surface area contributed by atoms with E-state index in [2.05, 4.69) is 24.5 Å². The van der Waals surface area contributed by atoms with Crippen LogP contribution >= 0.6 is 24.8 Å². The van der Waals surface area contributed by atoms with Gasteiger partial charge in [-0.1, -0.05) is 12.1 Å². The first kappa shape index (κ1) is 24.1. The molecule has 1 saturated heterocycles. The summed E-state index contributed by atoms with van der Waals surface area (Å²) in [5, 5.41) is 6.28. The van der Waals surface area contributed by atoms with Crippen LogP contribution < -0.4 is 10.6 Å². The van der Waals surface area contributed by atoms with Gasteiger partial charge in [0.25, 0.3) is 0 Å². The van der Waals surface area contributed by atoms with Crippen LogP contribution in [0.1, 0.15) is 38.3 Å². The molecule has 1 aromatic heterocycles. The quantitative estimate of drug-likeness (QED) is 0.566. The predicted molar refractivity (Wildman–Crippen MR) is 124 cm³/mol. The molecule has 1 aliphatic rings. The summed E-state index contributed by atoms with van der Waals surface area (Å²) in [4.78, 5) is 17.3. The summed E-state index contributed by atoms with van der Waals surface area (Å²) in [6, 6.07) is 10.6. The average Bonchev–Trinajstić information content (AvgIpc) is 3.30. The molecule has 162 valence electrons. The third kappa shape index (κ3) is 4.61. The fourth-order valence-corrected chi connectivity index (χ4v) is 3.82. The molecular weight excluding hydrogens is 426 g/mol. The van der Waals surface area contributed by atoms with Crippen LogP contribution in [-0.2, 0) is 4.79 Å². The molecule has 1 amide bonds. The van der Waals surface area contributed by atoms with Crippen LogP contribution in [0, 0.1) is 12.7 Å². The monoisotopic (exact) mass is 452 g/mol. The summed E-state index contributed by atoms with van der Waals surface area (Å²) < 4.78 is 15.8. The molecule has 1 atom stereocenters. The lowest BCUT2D eigenvalue weighted by atomic mass is 10.1. The number of benzene rings is 2. The van der Waals surface area contributed by atoms with Crippen LogP contribution in [0.5, 0.6) is 0 Å². The molecule has 2 heterocycles. The first-order valence-electron chi connectivity index (χ1n) is 9.77. The fourth-order valence-electron chi connectivity index (χ4n) is 3.82. The number of aryl methyl sites for hydroxylation is 1. The second kappa shape index (κ2) is 9.77. The highest BCUT2D eigenvalue weighted by atomic mass is 35.5. The molecule has 0 bridgehead atoms. The molecule has 1 fully saturated rings. The molecule has 2 N–H and O–H groups in total. The Bertz CT molecular complexity index is 1050. The predicted octanol–water partition coefficient (Wildman–Crippen LogP) is 5.27. The maximum atomic E-state index is 13.8. The van der Waals surface area contributed by atoms with Crippen molar-refractivity contribution in [2.45, 2.75) is 45.7 Å². The topological polar surface area (TPSA) is 59.0 Å². The molecule has 30 heavy (non-hydrogen) atoms. The number of nitrogens with one attached hydrogen (secondary N) is 2. The largest absolute Gasteiger partial charge is 0.324 e. The van der Waals surface area contributed by atoms with Crippen molar-refractivity contribution in [1.29, 1.82) is 0 Å². The molecule has 2 aromatic carbocycles. The second-order valence-corrected chi connectivity index (χ2v) is 7.70. The first-order valence-corrected chi connectivity index (χ1v) is 9.77. The van der Waals surface area contributed by atoms with E-state index in [1.807, 2.05) is 29.7 Å². The van der Waals surface area contributed by atoms with Crippen molar-refractivity contribution in [3.8, 4) is 11.4 Å². The highest BCUT2D eigenvalue weighted by Crippen LogP contribution is 2.31. The zero-order valence-electron chi connectivity index (χ0n) is 17.2. The second-order valence-electron chi connectivity index (χ2n) is 7.70. The number of fused-ring (bicyclic) bond motifs is 1. The van der Waals surface area contributed by atoms with Gasteiger partial charge in [0.15, 0.2) is 0 Å². The Balaban J connectivity index is 0.00000160. The lowest BCUT2D eigenvalue weighted by Crippen LogP contribution is -2.35. The Kier molecular flexibility index (Phi) is 7.86. The lowest BCUT2D eigenvalue weighted by molar-refractivity contribution is -0.117. The van der Waals surface area contributed by atoms with E-state index < -0.39 is 0 Å². The van der Waals surface area contributed by atoms with Gasteiger partial charge in [-0.2, -0.15) is 0 Å². The Labute approximate surface area is 188 Å². The van der Waals surface area contributed by atoms with Gasteiger partial charge in [-0.05, 0) is 70.0 Å². The highest BCUT2D eigenvalue weighted by molar-refractivity contribution is 5.96. The van der Waals surface area contributed by atoms with Crippen LogP contribution in [0.25, 0.3) is 22.4 Å². The van der Waals surface area contributed by atoms with Gasteiger partial charge in [-0.15, -0.1) is 24.8 Å². The van der Waals surface area contributed by atoms with E-state index >= 15 is 0 Å². The van der Waals surface area contributed by atoms with Gasteiger partial charge >= 0.3 is 0 Å². The Morgan fingerprint density at radius 1 is 1.23 bits per heavy atom. The number of anilines is 1. The molecule has 0 aliphatic carbocycles. The number of amides is 1. The van der Waals surface area contributed by atoms with Crippen LogP contribution in [0.15, 0.2) is 36.4 Å². The molecule has 0 saturated carbocycles. The number of carbonyl (C=O) groups is 1. The summed E-state index contributed by atoms with van der Waals surface area (Å²) in [5.74, 6) is 0.490. The van der Waals surface area contributed by atoms with Crippen LogP contribution in [0.4, 0.5) is 10.1 Å². The van der Waals surface area contributed by atoms with E-state index in [4.69, 9.17) is 4.98 Å². The van der Waals surface area contributed by atoms with Crippen molar-refractivity contribution < 1.29 is 9.18 Å². The van der Waals surface area contributed by atoms with E-state index in [1.54, 1.807) is 6.07 Å². The highest BCUT2D eigenvalue weighted by Gasteiger charge is 2.23. The van der Waals surface area contributed by atoms with Crippen molar-refractivity contribution >= 4 is 47.4 Å². The minimum atomic E-state index is -0.276. The van der Waals surface area contributed by atoms with E-state index in [0.29, 0.717) is 0 Å². The molecule has 8 heteroatoms. The molecule has 5 nitrogen and oxygen atoms in total. The normalized spacial score (nSPS) is 15.7. The van der Waals surface area contributed by atoms with Gasteiger partial charge < -0.3 is 15.2 Å². The zero-order valence-corrected chi connectivity index (χ0v) is 18.9. The van der Waals surface area contributed by atoms with Gasteiger partial charge in [0.2, 0.25) is 5.91 Å². The number of aromatic nitrogens is 2. The van der Waals surface area contributed by atoms with Crippen LogP contribution in [-0.4, -0.2) is 28.0 Å². The molecule has 3 aromatic rings. The first-order chi connectivity index (χ1) is 13.4. The third-order valence-corrected chi connectivity index (χ3v) is 5.30. The lowest BCUT2D eigenvalue weighted by Gasteiger charge is -2.16. The van der Waals surface area contributed by atoms with Gasteiger partial charge in [0.1, 0.15) is 11.6 Å². The van der Waals surface area contributed by atoms with Crippen molar-refractivity contribution in [3.05, 3.63) is 47.8 Å². The number of carbonyl (C=O) groups excluding carboxylic acids is 1. The Morgan fingerprint density at radius 3 is 2.67 bits per heavy atom. The fraction of sp³-hybridized carbons (Fsp3) is 0.364. The molecule has 4 rings (SSSR count). The Hall–Kier alpha value is -2.15. The number of rotatable bonds is 4. The molecule has 1 aliphatic heterocycles. The van der Waals surface area contributed by atoms with Gasteiger partial charge in [0.05, 0.1) is 17.1 Å². The number of halogens is 3. The molecular formula is C22H27Cl2FN4O. The summed E-state index contributed by atoms with van der Waals surface area (Å²) in [6.07, 6.45) is 1.88. The minimum Gasteiger partial charge on any atom is -0.324 e. The van der Waals surface area contributed by atoms with Crippen LogP contribution in [0.3, 0.4) is 0 Å². The standard InChI is InChI=1S/C22H25FN4O.2ClH/c1-13(2)27-20-12-16(23)8-9-17(20)25-21(27)15-7-6-14(3)19(11-15)26-22(28)18-5-4-10-24-18;;/h6-9,11-13,18,24H,4-5,10H2,1-3H3,(H,26,28);2*1H. The van der Waals surface area contributed by atoms with E-state index in [9.17, 15) is 9.18 Å². The van der Waals surface area contributed by atoms with E-state index in [-0.39, 0.29) is 48.6 Å². The summed E-state index contributed by atoms with van der Waals surface area (Å²) in [7, 11) is 0. The zero-order chi connectivity index (χ0) is 19.8. The SMILES string of the molecule is Cc1ccc(-c2nc3ccc(F)cc3n2C(C)C)cc1NC(=O)C1CCCN1.Cl.Cl. The minimum absolute atomic E-state index is 0. The Morgan fingerprint density at radius 2 is 2.00 bits per heavy atom. The number of nitrogens with zero attached hydrogens (tertiary/aromatic N) is 2. The van der Waals surface area contributed by atoms with Crippen LogP contribution in [0.2, 0.25) is 0 Å². The van der Waals surface area contributed by atoms with E-state index in [1.165, 1.54) is 12.1 Å². The average molecular weight is 453 g/mol. The number of imidazole rings is 1. The van der Waals surface area contributed by atoms with Crippen molar-refractivity contribution in [3.63, 3.8) is 0 Å². The molecule has 0 radical (unpaired) electrons. The third-order valence-electron chi connectivity index (χ3n) is 5.30. The smallest absolute Gasteiger partial charge is 0.241 e. The van der Waals surface area contributed by atoms with Gasteiger partial charge in [-0.3, -0.25) is 4.79 Å². The van der Waals surface area contributed by atoms with Gasteiger partial charge in [-0.25, -0.2) is 9.37 Å². The van der Waals surface area contributed by atoms with Crippen molar-refractivity contribution in [2.24, 2.45) is 0 Å². The molecule has 0 spiro atoms. The van der Waals surface area contributed by atoms with Crippen molar-refractivity contribution in [2.75, 3.05) is 11.9 Å². The summed E-state index contributed by atoms with van der Waals surface area (Å²) >= 11 is 0. The maximum absolute atomic E-state index is 13.8. The number of hydrogen-bond donors (Lipinski definition) is 2. The maximum Gasteiger partial charge on any atom is 0.241 e. The molecule has 1 unspecified atom stereocenters. The van der Waals surface area contributed by atoms with Gasteiger partial charge in [0, 0.05) is 17.3 Å². The number of hydrogen-bond acceptors (Lipinski definition) is 3.